The molecule has 2 aliphatic rings. The summed E-state index contributed by atoms with van der Waals surface area (Å²) in [5, 5.41) is 6.82. The first-order valence-corrected chi connectivity index (χ1v) is 12.5. The Bertz CT molecular complexity index is 1330. The van der Waals surface area contributed by atoms with E-state index >= 15 is 0 Å². The standard InChI is InChI=1S/C26H26Cl2FN5O/c1-3-34-8-6-15(7-9-34)31-16-4-5-23-17(10-16)18(26(35)32-23)12-24-30-14(2)25(33-24)19-11-22(29)21(28)13-20(19)27/h4-5,10-13,15,31H,3,6-9H2,1-2H3,(H,30,33)(H,32,35)/b18-12-. The molecule has 0 atom stereocenters. The second-order valence-electron chi connectivity index (χ2n) is 8.95. The normalized spacial score (nSPS) is 17.6. The van der Waals surface area contributed by atoms with Crippen LogP contribution < -0.4 is 10.6 Å². The summed E-state index contributed by atoms with van der Waals surface area (Å²) in [4.78, 5) is 22.9. The Morgan fingerprint density at radius 2 is 1.94 bits per heavy atom. The summed E-state index contributed by atoms with van der Waals surface area (Å²) in [6.07, 6.45) is 3.89. The number of nitrogens with one attached hydrogen (secondary N) is 3. The molecule has 9 heteroatoms. The van der Waals surface area contributed by atoms with Crippen molar-refractivity contribution in [3.05, 3.63) is 63.3 Å². The van der Waals surface area contributed by atoms with E-state index in [9.17, 15) is 9.18 Å². The summed E-state index contributed by atoms with van der Waals surface area (Å²) in [5.41, 5.74) is 4.74. The number of aryl methyl sites for hydroxylation is 1. The molecule has 2 aromatic carbocycles. The van der Waals surface area contributed by atoms with E-state index in [4.69, 9.17) is 23.2 Å². The van der Waals surface area contributed by atoms with Crippen molar-refractivity contribution in [3.63, 3.8) is 0 Å². The van der Waals surface area contributed by atoms with E-state index in [0.717, 1.165) is 49.4 Å². The molecule has 3 N–H and O–H groups in total. The Hall–Kier alpha value is -2.87. The summed E-state index contributed by atoms with van der Waals surface area (Å²) >= 11 is 12.1. The lowest BCUT2D eigenvalue weighted by Crippen LogP contribution is -2.38. The number of benzene rings is 2. The van der Waals surface area contributed by atoms with Gasteiger partial charge in [-0.05, 0) is 62.7 Å². The van der Waals surface area contributed by atoms with E-state index in [1.165, 1.54) is 12.1 Å². The number of piperidine rings is 1. The summed E-state index contributed by atoms with van der Waals surface area (Å²) in [7, 11) is 0. The number of imidazole rings is 1. The maximum Gasteiger partial charge on any atom is 0.256 e. The number of hydrogen-bond acceptors (Lipinski definition) is 4. The highest BCUT2D eigenvalue weighted by atomic mass is 35.5. The lowest BCUT2D eigenvalue weighted by atomic mass is 10.0. The van der Waals surface area contributed by atoms with Crippen molar-refractivity contribution in [2.75, 3.05) is 30.3 Å². The van der Waals surface area contributed by atoms with Gasteiger partial charge in [0, 0.05) is 41.6 Å². The van der Waals surface area contributed by atoms with Gasteiger partial charge >= 0.3 is 0 Å². The third-order valence-electron chi connectivity index (χ3n) is 6.67. The highest BCUT2D eigenvalue weighted by Gasteiger charge is 2.26. The first kappa shape index (κ1) is 23.9. The maximum absolute atomic E-state index is 14.1. The van der Waals surface area contributed by atoms with Crippen LogP contribution in [0.1, 0.15) is 36.8 Å². The number of fused-ring (bicyclic) bond motifs is 1. The number of halogens is 3. The molecular weight excluding hydrogens is 488 g/mol. The van der Waals surface area contributed by atoms with Gasteiger partial charge in [0.1, 0.15) is 11.6 Å². The fourth-order valence-electron chi connectivity index (χ4n) is 4.71. The second-order valence-corrected chi connectivity index (χ2v) is 9.77. The molecule has 0 aliphatic carbocycles. The third-order valence-corrected chi connectivity index (χ3v) is 7.27. The summed E-state index contributed by atoms with van der Waals surface area (Å²) < 4.78 is 14.1. The number of aromatic amines is 1. The number of carbonyl (C=O) groups is 1. The third kappa shape index (κ3) is 4.81. The predicted molar refractivity (Wildman–Crippen MR) is 140 cm³/mol. The molecule has 0 bridgehead atoms. The van der Waals surface area contributed by atoms with E-state index in [1.807, 2.05) is 18.2 Å². The highest BCUT2D eigenvalue weighted by Crippen LogP contribution is 2.37. The van der Waals surface area contributed by atoms with Gasteiger partial charge in [-0.3, -0.25) is 4.79 Å². The molecule has 182 valence electrons. The van der Waals surface area contributed by atoms with E-state index in [2.05, 4.69) is 32.4 Å². The van der Waals surface area contributed by atoms with Crippen molar-refractivity contribution in [2.24, 2.45) is 0 Å². The molecule has 1 aromatic heterocycles. The number of H-pyrrole nitrogens is 1. The molecule has 5 rings (SSSR count). The molecule has 35 heavy (non-hydrogen) atoms. The van der Waals surface area contributed by atoms with Crippen LogP contribution in [0.25, 0.3) is 22.9 Å². The average molecular weight is 514 g/mol. The smallest absolute Gasteiger partial charge is 0.256 e. The van der Waals surface area contributed by atoms with E-state index in [0.29, 0.717) is 39.4 Å². The molecule has 0 spiro atoms. The van der Waals surface area contributed by atoms with Crippen molar-refractivity contribution < 1.29 is 9.18 Å². The van der Waals surface area contributed by atoms with Crippen LogP contribution in [-0.4, -0.2) is 46.5 Å². The highest BCUT2D eigenvalue weighted by molar-refractivity contribution is 6.36. The van der Waals surface area contributed by atoms with Gasteiger partial charge in [-0.25, -0.2) is 9.37 Å². The van der Waals surface area contributed by atoms with E-state index in [1.54, 1.807) is 13.0 Å². The van der Waals surface area contributed by atoms with Crippen LogP contribution >= 0.6 is 23.2 Å². The van der Waals surface area contributed by atoms with Crippen molar-refractivity contribution in [3.8, 4) is 11.3 Å². The Kier molecular flexibility index (Phi) is 6.57. The average Bonchev–Trinajstić information content (AvgIpc) is 3.35. The minimum Gasteiger partial charge on any atom is -0.382 e. The number of carbonyl (C=O) groups excluding carboxylic acids is 1. The Labute approximate surface area is 213 Å². The van der Waals surface area contributed by atoms with Gasteiger partial charge in [-0.2, -0.15) is 0 Å². The lowest BCUT2D eigenvalue weighted by Gasteiger charge is -2.32. The summed E-state index contributed by atoms with van der Waals surface area (Å²) in [5.74, 6) is -0.281. The van der Waals surface area contributed by atoms with Gasteiger partial charge in [0.05, 0.1) is 27.0 Å². The minimum atomic E-state index is -0.565. The van der Waals surface area contributed by atoms with Gasteiger partial charge in [-0.15, -0.1) is 0 Å². The number of amides is 1. The van der Waals surface area contributed by atoms with Gasteiger partial charge in [0.15, 0.2) is 0 Å². The number of likely N-dealkylation sites (tertiary alicyclic amines) is 1. The van der Waals surface area contributed by atoms with Crippen LogP contribution in [-0.2, 0) is 4.79 Å². The maximum atomic E-state index is 14.1. The molecular formula is C26H26Cl2FN5O. The van der Waals surface area contributed by atoms with Crippen LogP contribution in [0.4, 0.5) is 15.8 Å². The summed E-state index contributed by atoms with van der Waals surface area (Å²) in [6, 6.07) is 8.99. The molecule has 0 saturated carbocycles. The predicted octanol–water partition coefficient (Wildman–Crippen LogP) is 6.22. The molecule has 0 radical (unpaired) electrons. The Morgan fingerprint density at radius 1 is 1.17 bits per heavy atom. The molecule has 1 fully saturated rings. The zero-order valence-corrected chi connectivity index (χ0v) is 21.0. The topological polar surface area (TPSA) is 73.0 Å². The SMILES string of the molecule is CCN1CCC(Nc2ccc3c(c2)/C(=C/c2nc(C)c(-c4cc(F)c(Cl)cc4Cl)[nH]2)C(=O)N3)CC1. The largest absolute Gasteiger partial charge is 0.382 e. The van der Waals surface area contributed by atoms with Gasteiger partial charge in [0.2, 0.25) is 0 Å². The lowest BCUT2D eigenvalue weighted by molar-refractivity contribution is -0.110. The Balaban J connectivity index is 1.42. The Morgan fingerprint density at radius 3 is 2.69 bits per heavy atom. The van der Waals surface area contributed by atoms with Crippen LogP contribution in [0.2, 0.25) is 10.0 Å². The van der Waals surface area contributed by atoms with Crippen LogP contribution in [0.3, 0.4) is 0 Å². The molecule has 2 aliphatic heterocycles. The van der Waals surface area contributed by atoms with Gasteiger partial charge < -0.3 is 20.5 Å². The monoisotopic (exact) mass is 513 g/mol. The molecule has 1 saturated heterocycles. The number of nitrogens with zero attached hydrogens (tertiary/aromatic N) is 2. The number of hydrogen-bond donors (Lipinski definition) is 3. The van der Waals surface area contributed by atoms with Crippen LogP contribution in [0, 0.1) is 12.7 Å². The fraction of sp³-hybridized carbons (Fsp3) is 0.308. The van der Waals surface area contributed by atoms with E-state index in [-0.39, 0.29) is 10.9 Å². The zero-order chi connectivity index (χ0) is 24.7. The molecule has 0 unspecified atom stereocenters. The number of aromatic nitrogens is 2. The summed E-state index contributed by atoms with van der Waals surface area (Å²) in [6.45, 7) is 7.25. The second kappa shape index (κ2) is 9.64. The quantitative estimate of drug-likeness (QED) is 0.279. The van der Waals surface area contributed by atoms with Crippen LogP contribution in [0.5, 0.6) is 0 Å². The van der Waals surface area contributed by atoms with Gasteiger partial charge in [-0.1, -0.05) is 30.1 Å². The minimum absolute atomic E-state index is 0.0437. The number of rotatable bonds is 5. The molecule has 6 nitrogen and oxygen atoms in total. The van der Waals surface area contributed by atoms with Crippen molar-refractivity contribution in [1.29, 1.82) is 0 Å². The first-order valence-electron chi connectivity index (χ1n) is 11.7. The van der Waals surface area contributed by atoms with Gasteiger partial charge in [0.25, 0.3) is 5.91 Å². The first-order chi connectivity index (χ1) is 16.8. The van der Waals surface area contributed by atoms with Crippen molar-refractivity contribution in [2.45, 2.75) is 32.7 Å². The zero-order valence-electron chi connectivity index (χ0n) is 19.5. The molecule has 3 heterocycles. The molecule has 3 aromatic rings. The molecule has 1 amide bonds. The number of anilines is 2. The van der Waals surface area contributed by atoms with Crippen molar-refractivity contribution >= 4 is 52.1 Å². The van der Waals surface area contributed by atoms with Crippen molar-refractivity contribution in [1.82, 2.24) is 14.9 Å². The fourth-order valence-corrected chi connectivity index (χ4v) is 5.19. The van der Waals surface area contributed by atoms with Crippen LogP contribution in [0.15, 0.2) is 30.3 Å². The van der Waals surface area contributed by atoms with E-state index < -0.39 is 5.82 Å².